The van der Waals surface area contributed by atoms with Crippen molar-refractivity contribution in [3.05, 3.63) is 16.6 Å². The summed E-state index contributed by atoms with van der Waals surface area (Å²) in [5, 5.41) is 2.06. The molecule has 0 aromatic carbocycles. The van der Waals surface area contributed by atoms with E-state index in [1.807, 2.05) is 10.4 Å². The molecule has 1 aromatic heterocycles. The molecule has 0 aliphatic carbocycles. The average molecular weight is 281 g/mol. The molecule has 0 bridgehead atoms. The lowest BCUT2D eigenvalue weighted by atomic mass is 10.2. The number of ketones is 1. The fourth-order valence-corrected chi connectivity index (χ4v) is 2.69. The van der Waals surface area contributed by atoms with Crippen LogP contribution in [0.1, 0.15) is 25.5 Å². The van der Waals surface area contributed by atoms with Crippen molar-refractivity contribution in [3.8, 4) is 0 Å². The molecule has 0 atom stereocenters. The van der Waals surface area contributed by atoms with E-state index in [1.165, 1.54) is 6.92 Å². The molecule has 1 aliphatic rings. The van der Waals surface area contributed by atoms with Crippen LogP contribution in [0.25, 0.3) is 0 Å². The van der Waals surface area contributed by atoms with Crippen LogP contribution in [-0.4, -0.2) is 52.7 Å². The molecular formula is C13H19N3O2S. The smallest absolute Gasteiger partial charge is 0.223 e. The maximum Gasteiger partial charge on any atom is 0.223 e. The molecule has 104 valence electrons. The number of thiazole rings is 1. The molecule has 0 radical (unpaired) electrons. The summed E-state index contributed by atoms with van der Waals surface area (Å²) < 4.78 is 0. The van der Waals surface area contributed by atoms with Gasteiger partial charge in [0.05, 0.1) is 11.2 Å². The van der Waals surface area contributed by atoms with Gasteiger partial charge in [-0.1, -0.05) is 0 Å². The second kappa shape index (κ2) is 6.77. The summed E-state index contributed by atoms with van der Waals surface area (Å²) in [5.41, 5.74) is 2.94. The Bertz CT molecular complexity index is 425. The van der Waals surface area contributed by atoms with Crippen LogP contribution in [-0.2, 0) is 16.1 Å². The highest BCUT2D eigenvalue weighted by atomic mass is 32.1. The molecule has 0 saturated carbocycles. The largest absolute Gasteiger partial charge is 0.340 e. The highest BCUT2D eigenvalue weighted by Gasteiger charge is 2.21. The molecule has 1 aromatic rings. The Kier molecular flexibility index (Phi) is 5.04. The highest BCUT2D eigenvalue weighted by Crippen LogP contribution is 2.10. The minimum atomic E-state index is 0.0792. The van der Waals surface area contributed by atoms with Crippen molar-refractivity contribution in [3.63, 3.8) is 0 Å². The van der Waals surface area contributed by atoms with E-state index in [-0.39, 0.29) is 11.7 Å². The van der Waals surface area contributed by atoms with Crippen LogP contribution in [0.4, 0.5) is 0 Å². The van der Waals surface area contributed by atoms with Crippen LogP contribution in [0, 0.1) is 0 Å². The third kappa shape index (κ3) is 4.40. The molecule has 0 N–H and O–H groups in total. The van der Waals surface area contributed by atoms with Gasteiger partial charge < -0.3 is 9.69 Å². The van der Waals surface area contributed by atoms with Crippen LogP contribution >= 0.6 is 11.3 Å². The normalized spacial score (nSPS) is 16.6. The Morgan fingerprint density at radius 3 is 2.58 bits per heavy atom. The molecule has 19 heavy (non-hydrogen) atoms. The van der Waals surface area contributed by atoms with Gasteiger partial charge in [-0.3, -0.25) is 9.69 Å². The number of hydrogen-bond donors (Lipinski definition) is 0. The van der Waals surface area contributed by atoms with E-state index in [1.54, 1.807) is 11.3 Å². The van der Waals surface area contributed by atoms with Gasteiger partial charge in [-0.15, -0.1) is 11.3 Å². The van der Waals surface area contributed by atoms with Crippen molar-refractivity contribution in [2.45, 2.75) is 26.3 Å². The quantitative estimate of drug-likeness (QED) is 0.812. The minimum Gasteiger partial charge on any atom is -0.340 e. The molecule has 2 heterocycles. The van der Waals surface area contributed by atoms with Crippen LogP contribution in [0.15, 0.2) is 10.9 Å². The fourth-order valence-electron chi connectivity index (χ4n) is 2.14. The van der Waals surface area contributed by atoms with Gasteiger partial charge in [-0.05, 0) is 6.92 Å². The summed E-state index contributed by atoms with van der Waals surface area (Å²) in [7, 11) is 0. The molecule has 0 unspecified atom stereocenters. The number of carbonyl (C=O) groups is 2. The average Bonchev–Trinajstić information content (AvgIpc) is 2.89. The van der Waals surface area contributed by atoms with Crippen LogP contribution in [0.3, 0.4) is 0 Å². The lowest BCUT2D eigenvalue weighted by Crippen LogP contribution is -2.48. The van der Waals surface area contributed by atoms with Gasteiger partial charge in [0.25, 0.3) is 0 Å². The second-order valence-corrected chi connectivity index (χ2v) is 5.56. The fraction of sp³-hybridized carbons (Fsp3) is 0.615. The number of carbonyl (C=O) groups excluding carboxylic acids is 2. The summed E-state index contributed by atoms with van der Waals surface area (Å²) in [5.74, 6) is 0.180. The van der Waals surface area contributed by atoms with Crippen molar-refractivity contribution in [2.75, 3.05) is 26.2 Å². The van der Waals surface area contributed by atoms with Gasteiger partial charge in [0.1, 0.15) is 5.78 Å². The van der Waals surface area contributed by atoms with E-state index in [0.29, 0.717) is 12.8 Å². The first-order valence-corrected chi connectivity index (χ1v) is 7.46. The molecule has 1 aliphatic heterocycles. The lowest BCUT2D eigenvalue weighted by Gasteiger charge is -2.34. The first-order valence-electron chi connectivity index (χ1n) is 6.52. The third-order valence-corrected chi connectivity index (χ3v) is 3.92. The lowest BCUT2D eigenvalue weighted by molar-refractivity contribution is -0.134. The maximum atomic E-state index is 11.9. The van der Waals surface area contributed by atoms with Gasteiger partial charge in [-0.2, -0.15) is 0 Å². The summed E-state index contributed by atoms with van der Waals surface area (Å²) in [4.78, 5) is 31.2. The van der Waals surface area contributed by atoms with E-state index in [4.69, 9.17) is 0 Å². The molecule has 6 heteroatoms. The van der Waals surface area contributed by atoms with Crippen LogP contribution in [0.2, 0.25) is 0 Å². The SMILES string of the molecule is CC(=O)CCC(=O)N1CCN(Cc2cscn2)CC1. The standard InChI is InChI=1S/C13H19N3O2S/c1-11(17)2-3-13(18)16-6-4-15(5-7-16)8-12-9-19-10-14-12/h9-10H,2-8H2,1H3. The van der Waals surface area contributed by atoms with Crippen LogP contribution < -0.4 is 0 Å². The Hall–Kier alpha value is -1.27. The zero-order valence-electron chi connectivity index (χ0n) is 11.2. The summed E-state index contributed by atoms with van der Waals surface area (Å²) >= 11 is 1.61. The van der Waals surface area contributed by atoms with Gasteiger partial charge in [0, 0.05) is 50.9 Å². The number of hydrogen-bond acceptors (Lipinski definition) is 5. The Labute approximate surface area is 117 Å². The molecule has 5 nitrogen and oxygen atoms in total. The first-order chi connectivity index (χ1) is 9.15. The van der Waals surface area contributed by atoms with Crippen molar-refractivity contribution in [2.24, 2.45) is 0 Å². The maximum absolute atomic E-state index is 11.9. The molecule has 0 spiro atoms. The van der Waals surface area contributed by atoms with Crippen molar-refractivity contribution in [1.82, 2.24) is 14.8 Å². The van der Waals surface area contributed by atoms with E-state index < -0.39 is 0 Å². The Morgan fingerprint density at radius 2 is 2.00 bits per heavy atom. The predicted molar refractivity (Wildman–Crippen MR) is 73.9 cm³/mol. The van der Waals surface area contributed by atoms with Gasteiger partial charge in [0.2, 0.25) is 5.91 Å². The van der Waals surface area contributed by atoms with E-state index in [2.05, 4.69) is 15.3 Å². The highest BCUT2D eigenvalue weighted by molar-refractivity contribution is 7.07. The Balaban J connectivity index is 1.72. The molecular weight excluding hydrogens is 262 g/mol. The molecule has 1 fully saturated rings. The number of amides is 1. The van der Waals surface area contributed by atoms with Gasteiger partial charge >= 0.3 is 0 Å². The zero-order valence-corrected chi connectivity index (χ0v) is 12.0. The first kappa shape index (κ1) is 14.1. The zero-order chi connectivity index (χ0) is 13.7. The summed E-state index contributed by atoms with van der Waals surface area (Å²) in [6.07, 6.45) is 0.708. The Morgan fingerprint density at radius 1 is 1.26 bits per heavy atom. The number of rotatable bonds is 5. The third-order valence-electron chi connectivity index (χ3n) is 3.28. The van der Waals surface area contributed by atoms with E-state index in [9.17, 15) is 9.59 Å². The van der Waals surface area contributed by atoms with Crippen molar-refractivity contribution < 1.29 is 9.59 Å². The predicted octanol–water partition coefficient (Wildman–Crippen LogP) is 1.16. The number of piperazine rings is 1. The number of Topliss-reactive ketones (excluding diaryl/α,β-unsaturated/α-hetero) is 1. The topological polar surface area (TPSA) is 53.5 Å². The number of aromatic nitrogens is 1. The van der Waals surface area contributed by atoms with Crippen LogP contribution in [0.5, 0.6) is 0 Å². The van der Waals surface area contributed by atoms with Crippen molar-refractivity contribution in [1.29, 1.82) is 0 Å². The van der Waals surface area contributed by atoms with Gasteiger partial charge in [0.15, 0.2) is 0 Å². The van der Waals surface area contributed by atoms with E-state index >= 15 is 0 Å². The van der Waals surface area contributed by atoms with E-state index in [0.717, 1.165) is 38.4 Å². The molecule has 1 saturated heterocycles. The minimum absolute atomic E-state index is 0.0792. The van der Waals surface area contributed by atoms with Gasteiger partial charge in [-0.25, -0.2) is 4.98 Å². The molecule has 2 rings (SSSR count). The number of nitrogens with zero attached hydrogens (tertiary/aromatic N) is 3. The van der Waals surface area contributed by atoms with Crippen molar-refractivity contribution >= 4 is 23.0 Å². The monoisotopic (exact) mass is 281 g/mol. The summed E-state index contributed by atoms with van der Waals surface area (Å²) in [6, 6.07) is 0. The molecule has 1 amide bonds. The second-order valence-electron chi connectivity index (χ2n) is 4.84. The summed E-state index contributed by atoms with van der Waals surface area (Å²) in [6.45, 7) is 5.65.